The first-order valence-corrected chi connectivity index (χ1v) is 7.73. The van der Waals surface area contributed by atoms with Crippen molar-refractivity contribution < 1.29 is 19.4 Å². The Bertz CT molecular complexity index is 358. The number of nitrogens with zero attached hydrogens (tertiary/aromatic N) is 1. The standard InChI is InChI=1S/C15H25NO4/c1-11-6-2-3-8-13(11)20-10-14(17)16-9-5-4-7-12(16)15(18)19/h11-13H,2-10H2,1H3,(H,18,19)/t11?,12-,13?/m1/s1. The van der Waals surface area contributed by atoms with Crippen LogP contribution in [0.2, 0.25) is 0 Å². The van der Waals surface area contributed by atoms with Gasteiger partial charge in [-0.1, -0.05) is 19.8 Å². The highest BCUT2D eigenvalue weighted by Gasteiger charge is 2.32. The van der Waals surface area contributed by atoms with E-state index in [0.717, 1.165) is 32.1 Å². The predicted molar refractivity (Wildman–Crippen MR) is 74.4 cm³/mol. The Morgan fingerprint density at radius 1 is 1.15 bits per heavy atom. The minimum absolute atomic E-state index is 0.0266. The van der Waals surface area contributed by atoms with E-state index in [1.54, 1.807) is 0 Å². The minimum atomic E-state index is -0.899. The molecule has 3 atom stereocenters. The summed E-state index contributed by atoms with van der Waals surface area (Å²) in [6.45, 7) is 2.73. The van der Waals surface area contributed by atoms with Crippen molar-refractivity contribution >= 4 is 11.9 Å². The van der Waals surface area contributed by atoms with Crippen molar-refractivity contribution in [2.45, 2.75) is 64.0 Å². The van der Waals surface area contributed by atoms with Crippen LogP contribution in [0.25, 0.3) is 0 Å². The van der Waals surface area contributed by atoms with Crippen molar-refractivity contribution in [3.63, 3.8) is 0 Å². The van der Waals surface area contributed by atoms with Crippen LogP contribution in [0, 0.1) is 5.92 Å². The third-order valence-corrected chi connectivity index (χ3v) is 4.56. The summed E-state index contributed by atoms with van der Waals surface area (Å²) in [6, 6.07) is -0.663. The number of amides is 1. The van der Waals surface area contributed by atoms with Gasteiger partial charge in [0, 0.05) is 6.54 Å². The molecule has 5 nitrogen and oxygen atoms in total. The molecule has 0 bridgehead atoms. The smallest absolute Gasteiger partial charge is 0.326 e. The normalized spacial score (nSPS) is 31.1. The van der Waals surface area contributed by atoms with Gasteiger partial charge in [-0.05, 0) is 38.0 Å². The summed E-state index contributed by atoms with van der Waals surface area (Å²) in [4.78, 5) is 24.9. The summed E-state index contributed by atoms with van der Waals surface area (Å²) in [5.41, 5.74) is 0. The molecule has 2 aliphatic rings. The quantitative estimate of drug-likeness (QED) is 0.857. The summed E-state index contributed by atoms with van der Waals surface area (Å²) < 4.78 is 5.75. The third-order valence-electron chi connectivity index (χ3n) is 4.56. The van der Waals surface area contributed by atoms with E-state index in [-0.39, 0.29) is 18.6 Å². The number of ether oxygens (including phenoxy) is 1. The first-order chi connectivity index (χ1) is 9.59. The number of carboxylic acids is 1. The fourth-order valence-electron chi connectivity index (χ4n) is 3.28. The molecular weight excluding hydrogens is 258 g/mol. The lowest BCUT2D eigenvalue weighted by atomic mass is 9.88. The Morgan fingerprint density at radius 3 is 2.55 bits per heavy atom. The number of carboxylic acid groups (broad SMARTS) is 1. The second kappa shape index (κ2) is 7.07. The van der Waals surface area contributed by atoms with Crippen LogP contribution in [-0.2, 0) is 14.3 Å². The SMILES string of the molecule is CC1CCCCC1OCC(=O)N1CCCC[C@@H]1C(=O)O. The molecule has 0 spiro atoms. The van der Waals surface area contributed by atoms with Crippen molar-refractivity contribution in [2.75, 3.05) is 13.2 Å². The molecule has 0 aromatic rings. The van der Waals surface area contributed by atoms with E-state index in [2.05, 4.69) is 6.92 Å². The number of hydrogen-bond donors (Lipinski definition) is 1. The van der Waals surface area contributed by atoms with Crippen LogP contribution in [0.15, 0.2) is 0 Å². The molecule has 1 aliphatic heterocycles. The summed E-state index contributed by atoms with van der Waals surface area (Å²) >= 11 is 0. The maximum atomic E-state index is 12.2. The van der Waals surface area contributed by atoms with Gasteiger partial charge in [0.05, 0.1) is 6.10 Å². The number of piperidine rings is 1. The monoisotopic (exact) mass is 283 g/mol. The second-order valence-electron chi connectivity index (χ2n) is 6.05. The van der Waals surface area contributed by atoms with Gasteiger partial charge in [0.1, 0.15) is 12.6 Å². The molecule has 0 radical (unpaired) electrons. The summed E-state index contributed by atoms with van der Waals surface area (Å²) in [5, 5.41) is 9.18. The van der Waals surface area contributed by atoms with Crippen molar-refractivity contribution in [1.29, 1.82) is 0 Å². The van der Waals surface area contributed by atoms with E-state index in [1.807, 2.05) is 0 Å². The van der Waals surface area contributed by atoms with Gasteiger partial charge in [-0.3, -0.25) is 4.79 Å². The van der Waals surface area contributed by atoms with Crippen LogP contribution in [-0.4, -0.2) is 47.2 Å². The minimum Gasteiger partial charge on any atom is -0.480 e. The molecule has 20 heavy (non-hydrogen) atoms. The molecule has 1 saturated heterocycles. The van der Waals surface area contributed by atoms with Crippen molar-refractivity contribution in [2.24, 2.45) is 5.92 Å². The summed E-state index contributed by atoms with van der Waals surface area (Å²) in [7, 11) is 0. The molecule has 0 aromatic carbocycles. The Morgan fingerprint density at radius 2 is 1.85 bits per heavy atom. The number of rotatable bonds is 4. The molecule has 1 aliphatic carbocycles. The lowest BCUT2D eigenvalue weighted by Crippen LogP contribution is -2.49. The Labute approximate surface area is 120 Å². The average Bonchev–Trinajstić information content (AvgIpc) is 2.46. The van der Waals surface area contributed by atoms with E-state index in [4.69, 9.17) is 4.74 Å². The van der Waals surface area contributed by atoms with Gasteiger partial charge in [-0.15, -0.1) is 0 Å². The Kier molecular flexibility index (Phi) is 5.40. The molecule has 2 fully saturated rings. The molecule has 1 heterocycles. The molecule has 2 rings (SSSR count). The van der Waals surface area contributed by atoms with Crippen LogP contribution in [0.3, 0.4) is 0 Å². The second-order valence-corrected chi connectivity index (χ2v) is 6.05. The molecule has 5 heteroatoms. The van der Waals surface area contributed by atoms with E-state index in [0.29, 0.717) is 18.9 Å². The molecule has 0 aromatic heterocycles. The Hall–Kier alpha value is -1.10. The maximum Gasteiger partial charge on any atom is 0.326 e. The molecule has 1 N–H and O–H groups in total. The topological polar surface area (TPSA) is 66.8 Å². The lowest BCUT2D eigenvalue weighted by Gasteiger charge is -2.34. The highest BCUT2D eigenvalue weighted by molar-refractivity contribution is 5.84. The van der Waals surface area contributed by atoms with Crippen LogP contribution in [0.1, 0.15) is 51.9 Å². The van der Waals surface area contributed by atoms with E-state index in [1.165, 1.54) is 11.3 Å². The van der Waals surface area contributed by atoms with Crippen LogP contribution >= 0.6 is 0 Å². The molecule has 2 unspecified atom stereocenters. The zero-order valence-electron chi connectivity index (χ0n) is 12.2. The predicted octanol–water partition coefficient (Wildman–Crippen LogP) is 2.05. The molecular formula is C15H25NO4. The lowest BCUT2D eigenvalue weighted by molar-refractivity contribution is -0.155. The van der Waals surface area contributed by atoms with E-state index in [9.17, 15) is 14.7 Å². The number of likely N-dealkylation sites (tertiary alicyclic amines) is 1. The zero-order chi connectivity index (χ0) is 14.5. The van der Waals surface area contributed by atoms with Gasteiger partial charge < -0.3 is 14.7 Å². The van der Waals surface area contributed by atoms with Crippen LogP contribution in [0.4, 0.5) is 0 Å². The van der Waals surface area contributed by atoms with Gasteiger partial charge in [-0.25, -0.2) is 4.79 Å². The summed E-state index contributed by atoms with van der Waals surface area (Å²) in [6.07, 6.45) is 7.03. The number of hydrogen-bond acceptors (Lipinski definition) is 3. The average molecular weight is 283 g/mol. The zero-order valence-corrected chi connectivity index (χ0v) is 12.2. The third kappa shape index (κ3) is 3.72. The summed E-state index contributed by atoms with van der Waals surface area (Å²) in [5.74, 6) is -0.577. The van der Waals surface area contributed by atoms with Gasteiger partial charge >= 0.3 is 5.97 Å². The number of carbonyl (C=O) groups excluding carboxylic acids is 1. The van der Waals surface area contributed by atoms with Crippen LogP contribution < -0.4 is 0 Å². The van der Waals surface area contributed by atoms with Crippen molar-refractivity contribution in [3.8, 4) is 0 Å². The maximum absolute atomic E-state index is 12.2. The number of carbonyl (C=O) groups is 2. The van der Waals surface area contributed by atoms with Gasteiger partial charge in [0.15, 0.2) is 0 Å². The van der Waals surface area contributed by atoms with E-state index < -0.39 is 12.0 Å². The largest absolute Gasteiger partial charge is 0.480 e. The van der Waals surface area contributed by atoms with E-state index >= 15 is 0 Å². The first kappa shape index (κ1) is 15.3. The molecule has 1 saturated carbocycles. The highest BCUT2D eigenvalue weighted by Crippen LogP contribution is 2.26. The van der Waals surface area contributed by atoms with Gasteiger partial charge in [0.2, 0.25) is 5.91 Å². The fourth-order valence-corrected chi connectivity index (χ4v) is 3.28. The fraction of sp³-hybridized carbons (Fsp3) is 0.867. The first-order valence-electron chi connectivity index (χ1n) is 7.73. The molecule has 1 amide bonds. The van der Waals surface area contributed by atoms with Gasteiger partial charge in [-0.2, -0.15) is 0 Å². The highest BCUT2D eigenvalue weighted by atomic mass is 16.5. The van der Waals surface area contributed by atoms with Crippen molar-refractivity contribution in [3.05, 3.63) is 0 Å². The Balaban J connectivity index is 1.85. The van der Waals surface area contributed by atoms with Crippen LogP contribution in [0.5, 0.6) is 0 Å². The van der Waals surface area contributed by atoms with Crippen molar-refractivity contribution in [1.82, 2.24) is 4.90 Å². The molecule has 114 valence electrons. The number of aliphatic carboxylic acids is 1. The van der Waals surface area contributed by atoms with Gasteiger partial charge in [0.25, 0.3) is 0 Å².